The molecule has 1 amide bonds. The molecule has 8 nitrogen and oxygen atoms in total. The van der Waals surface area contributed by atoms with E-state index in [2.05, 4.69) is 10.3 Å². The van der Waals surface area contributed by atoms with Crippen molar-refractivity contribution in [3.8, 4) is 11.9 Å². The maximum Gasteiger partial charge on any atom is 0.251 e. The van der Waals surface area contributed by atoms with Gasteiger partial charge in [0.1, 0.15) is 12.2 Å². The lowest BCUT2D eigenvalue weighted by molar-refractivity contribution is 0.0890. The predicted octanol–water partition coefficient (Wildman–Crippen LogP) is 2.86. The van der Waals surface area contributed by atoms with Crippen LogP contribution in [-0.2, 0) is 10.0 Å². The van der Waals surface area contributed by atoms with E-state index in [-0.39, 0.29) is 22.9 Å². The molecule has 1 N–H and O–H groups in total. The van der Waals surface area contributed by atoms with Gasteiger partial charge in [0.15, 0.2) is 0 Å². The molecule has 0 bridgehead atoms. The Morgan fingerprint density at radius 3 is 2.34 bits per heavy atom. The first-order valence-corrected chi connectivity index (χ1v) is 12.3. The summed E-state index contributed by atoms with van der Waals surface area (Å²) in [5, 5.41) is 11.9. The zero-order chi connectivity index (χ0) is 22.6. The number of carbonyl (C=O) groups is 1. The molecule has 1 aliphatic heterocycles. The number of carbonyl (C=O) groups excluding carboxylic acids is 1. The summed E-state index contributed by atoms with van der Waals surface area (Å²) in [6, 6.07) is 11.6. The fourth-order valence-corrected chi connectivity index (χ4v) is 5.65. The molecule has 0 spiro atoms. The number of hydrogen-bond donors (Lipinski definition) is 1. The van der Waals surface area contributed by atoms with Gasteiger partial charge in [-0.15, -0.1) is 0 Å². The van der Waals surface area contributed by atoms with E-state index < -0.39 is 10.0 Å². The molecule has 2 heterocycles. The van der Waals surface area contributed by atoms with Crippen LogP contribution in [0.3, 0.4) is 0 Å². The summed E-state index contributed by atoms with van der Waals surface area (Å²) >= 11 is 0. The number of amides is 1. The Morgan fingerprint density at radius 1 is 1.06 bits per heavy atom. The van der Waals surface area contributed by atoms with Crippen molar-refractivity contribution in [2.24, 2.45) is 0 Å². The van der Waals surface area contributed by atoms with Gasteiger partial charge in [0.25, 0.3) is 5.91 Å². The van der Waals surface area contributed by atoms with Gasteiger partial charge >= 0.3 is 0 Å². The third kappa shape index (κ3) is 5.09. The first kappa shape index (κ1) is 22.2. The number of nitrogens with one attached hydrogen (secondary N) is 1. The van der Waals surface area contributed by atoms with E-state index in [1.54, 1.807) is 24.3 Å². The molecule has 2 aromatic rings. The van der Waals surface area contributed by atoms with E-state index in [9.17, 15) is 13.2 Å². The maximum absolute atomic E-state index is 12.6. The summed E-state index contributed by atoms with van der Waals surface area (Å²) in [5.41, 5.74) is 0.941. The number of ether oxygens (including phenoxy) is 1. The minimum atomic E-state index is -3.48. The topological polar surface area (TPSA) is 112 Å². The zero-order valence-corrected chi connectivity index (χ0v) is 18.6. The minimum absolute atomic E-state index is 0.0265. The number of pyridine rings is 1. The molecule has 2 fully saturated rings. The molecular formula is C23H26N4O4S. The van der Waals surface area contributed by atoms with Crippen LogP contribution >= 0.6 is 0 Å². The predicted molar refractivity (Wildman–Crippen MR) is 118 cm³/mol. The highest BCUT2D eigenvalue weighted by atomic mass is 32.2. The molecule has 1 saturated carbocycles. The average molecular weight is 455 g/mol. The number of benzene rings is 1. The molecule has 0 radical (unpaired) electrons. The molecule has 0 atom stereocenters. The Morgan fingerprint density at radius 2 is 1.75 bits per heavy atom. The Labute approximate surface area is 188 Å². The highest BCUT2D eigenvalue weighted by Crippen LogP contribution is 2.24. The lowest BCUT2D eigenvalue weighted by Crippen LogP contribution is -2.39. The van der Waals surface area contributed by atoms with Crippen molar-refractivity contribution in [1.29, 1.82) is 5.26 Å². The lowest BCUT2D eigenvalue weighted by Gasteiger charge is -2.29. The summed E-state index contributed by atoms with van der Waals surface area (Å²) in [6.45, 7) is 1.11. The van der Waals surface area contributed by atoms with E-state index in [0.717, 1.165) is 38.5 Å². The summed E-state index contributed by atoms with van der Waals surface area (Å²) in [4.78, 5) is 17.0. The third-order valence-corrected chi connectivity index (χ3v) is 7.89. The number of sulfonamides is 1. The normalized spacial score (nSPS) is 21.6. The van der Waals surface area contributed by atoms with E-state index >= 15 is 0 Å². The standard InChI is InChI=1S/C23H26N4O4S/c24-15-17-3-12-22(25-16-17)31-20-8-6-19(7-9-20)26-23(28)18-4-10-21(11-5-18)32(29,30)27-13-1-2-14-27/h3-5,10-12,16,19-20H,1-2,6-9,13-14H2,(H,26,28). The summed E-state index contributed by atoms with van der Waals surface area (Å²) in [5.74, 6) is 0.300. The van der Waals surface area contributed by atoms with Gasteiger partial charge in [0, 0.05) is 37.0 Å². The molecular weight excluding hydrogens is 428 g/mol. The van der Waals surface area contributed by atoms with E-state index in [4.69, 9.17) is 10.00 Å². The van der Waals surface area contributed by atoms with Crippen molar-refractivity contribution in [2.75, 3.05) is 13.1 Å². The van der Waals surface area contributed by atoms with E-state index in [1.807, 2.05) is 6.07 Å². The van der Waals surface area contributed by atoms with Crippen LogP contribution in [0.25, 0.3) is 0 Å². The smallest absolute Gasteiger partial charge is 0.251 e. The molecule has 1 aliphatic carbocycles. The summed E-state index contributed by atoms with van der Waals surface area (Å²) in [7, 11) is -3.48. The van der Waals surface area contributed by atoms with E-state index in [0.29, 0.717) is 30.1 Å². The van der Waals surface area contributed by atoms with Gasteiger partial charge in [0.05, 0.1) is 10.5 Å². The monoisotopic (exact) mass is 454 g/mol. The van der Waals surface area contributed by atoms with Gasteiger partial charge in [-0.1, -0.05) is 0 Å². The van der Waals surface area contributed by atoms with Crippen LogP contribution in [0.1, 0.15) is 54.4 Å². The molecule has 9 heteroatoms. The van der Waals surface area contributed by atoms with Crippen LogP contribution in [0.15, 0.2) is 47.5 Å². The second kappa shape index (κ2) is 9.67. The van der Waals surface area contributed by atoms with E-state index in [1.165, 1.54) is 22.6 Å². The number of nitrogens with zero attached hydrogens (tertiary/aromatic N) is 3. The van der Waals surface area contributed by atoms with Gasteiger partial charge in [0.2, 0.25) is 15.9 Å². The second-order valence-electron chi connectivity index (χ2n) is 8.20. The third-order valence-electron chi connectivity index (χ3n) is 5.98. The molecule has 1 saturated heterocycles. The number of nitriles is 1. The fourth-order valence-electron chi connectivity index (χ4n) is 4.14. The summed E-state index contributed by atoms with van der Waals surface area (Å²) in [6.07, 6.45) is 6.44. The van der Waals surface area contributed by atoms with Crippen LogP contribution in [0.4, 0.5) is 0 Å². The highest BCUT2D eigenvalue weighted by Gasteiger charge is 2.28. The van der Waals surface area contributed by atoms with Crippen LogP contribution in [0.2, 0.25) is 0 Å². The first-order chi connectivity index (χ1) is 15.5. The average Bonchev–Trinajstić information content (AvgIpc) is 3.37. The molecule has 32 heavy (non-hydrogen) atoms. The van der Waals surface area contributed by atoms with Crippen molar-refractivity contribution >= 4 is 15.9 Å². The Bertz CT molecular complexity index is 1080. The molecule has 1 aromatic carbocycles. The minimum Gasteiger partial charge on any atom is -0.474 e. The van der Waals surface area contributed by atoms with Crippen LogP contribution in [-0.4, -0.2) is 48.8 Å². The van der Waals surface area contributed by atoms with Gasteiger partial charge in [-0.3, -0.25) is 4.79 Å². The molecule has 2 aliphatic rings. The number of aromatic nitrogens is 1. The van der Waals surface area contributed by atoms with Crippen molar-refractivity contribution in [3.05, 3.63) is 53.7 Å². The lowest BCUT2D eigenvalue weighted by atomic mass is 9.92. The van der Waals surface area contributed by atoms with Gasteiger partial charge in [-0.25, -0.2) is 13.4 Å². The Hall–Kier alpha value is -2.96. The second-order valence-corrected chi connectivity index (χ2v) is 10.1. The molecule has 168 valence electrons. The molecule has 4 rings (SSSR count). The van der Waals surface area contributed by atoms with Crippen molar-refractivity contribution in [1.82, 2.24) is 14.6 Å². The van der Waals surface area contributed by atoms with Gasteiger partial charge in [-0.05, 0) is 68.9 Å². The van der Waals surface area contributed by atoms with Crippen molar-refractivity contribution in [2.45, 2.75) is 55.6 Å². The van der Waals surface area contributed by atoms with Gasteiger partial charge < -0.3 is 10.1 Å². The highest BCUT2D eigenvalue weighted by molar-refractivity contribution is 7.89. The molecule has 0 unspecified atom stereocenters. The Balaban J connectivity index is 1.27. The SMILES string of the molecule is N#Cc1ccc(OC2CCC(NC(=O)c3ccc(S(=O)(=O)N4CCCC4)cc3)CC2)nc1. The van der Waals surface area contributed by atoms with Crippen molar-refractivity contribution in [3.63, 3.8) is 0 Å². The number of hydrogen-bond acceptors (Lipinski definition) is 6. The number of rotatable bonds is 6. The van der Waals surface area contributed by atoms with Crippen LogP contribution in [0, 0.1) is 11.3 Å². The Kier molecular flexibility index (Phi) is 6.72. The quantitative estimate of drug-likeness (QED) is 0.718. The molecule has 1 aromatic heterocycles. The van der Waals surface area contributed by atoms with Crippen LogP contribution in [0.5, 0.6) is 5.88 Å². The van der Waals surface area contributed by atoms with Crippen molar-refractivity contribution < 1.29 is 17.9 Å². The van der Waals surface area contributed by atoms with Crippen LogP contribution < -0.4 is 10.1 Å². The first-order valence-electron chi connectivity index (χ1n) is 10.9. The zero-order valence-electron chi connectivity index (χ0n) is 17.7. The van der Waals surface area contributed by atoms with Gasteiger partial charge in [-0.2, -0.15) is 9.57 Å². The largest absolute Gasteiger partial charge is 0.474 e. The fraction of sp³-hybridized carbons (Fsp3) is 0.435. The summed E-state index contributed by atoms with van der Waals surface area (Å²) < 4.78 is 32.6. The maximum atomic E-state index is 12.6.